The van der Waals surface area contributed by atoms with Crippen molar-refractivity contribution in [3.8, 4) is 28.2 Å². The number of aryl methyl sites for hydroxylation is 1. The lowest BCUT2D eigenvalue weighted by Gasteiger charge is -2.26. The van der Waals surface area contributed by atoms with Gasteiger partial charge in [0, 0.05) is 44.6 Å². The summed E-state index contributed by atoms with van der Waals surface area (Å²) >= 11 is 0. The van der Waals surface area contributed by atoms with Gasteiger partial charge in [-0.3, -0.25) is 0 Å². The van der Waals surface area contributed by atoms with Crippen LogP contribution in [0.3, 0.4) is 0 Å². The molecule has 2 aromatic heterocycles. The Hall–Kier alpha value is -6.52. The summed E-state index contributed by atoms with van der Waals surface area (Å²) in [6.45, 7) is 2.17. The number of hydrogen-bond donors (Lipinski definition) is 0. The average Bonchev–Trinajstić information content (AvgIpc) is 3.53. The van der Waals surface area contributed by atoms with Crippen molar-refractivity contribution in [3.05, 3.63) is 181 Å². The SMILES string of the molecule is CCc1cccc2nc(-c3ccccc3)c(-c3ccc(N(c4ccccc4)c4ccc(-n5c6ccccc6c6ccccc65)cc4)cc3)nc12. The number of nitrogens with zero attached hydrogens (tertiary/aromatic N) is 4. The summed E-state index contributed by atoms with van der Waals surface area (Å²) in [4.78, 5) is 12.8. The van der Waals surface area contributed by atoms with Gasteiger partial charge in [0.1, 0.15) is 0 Å². The highest BCUT2D eigenvalue weighted by Gasteiger charge is 2.18. The number of para-hydroxylation sites is 4. The molecule has 4 nitrogen and oxygen atoms in total. The molecule has 9 aromatic rings. The van der Waals surface area contributed by atoms with Crippen molar-refractivity contribution >= 4 is 49.9 Å². The van der Waals surface area contributed by atoms with Crippen LogP contribution in [0.4, 0.5) is 17.1 Å². The fourth-order valence-corrected chi connectivity index (χ4v) is 7.16. The van der Waals surface area contributed by atoms with Crippen molar-refractivity contribution in [2.75, 3.05) is 4.90 Å². The van der Waals surface area contributed by atoms with Gasteiger partial charge in [-0.05, 0) is 78.7 Å². The van der Waals surface area contributed by atoms with Crippen molar-refractivity contribution in [2.24, 2.45) is 0 Å². The second-order valence-electron chi connectivity index (χ2n) is 12.5. The predicted octanol–water partition coefficient (Wildman–Crippen LogP) is 12.1. The Kier molecular flexibility index (Phi) is 7.40. The van der Waals surface area contributed by atoms with Crippen LogP contribution < -0.4 is 4.90 Å². The van der Waals surface area contributed by atoms with Crippen LogP contribution in [-0.2, 0) is 6.42 Å². The van der Waals surface area contributed by atoms with Crippen LogP contribution in [0.15, 0.2) is 176 Å². The summed E-state index contributed by atoms with van der Waals surface area (Å²) in [7, 11) is 0. The molecular weight excluding hydrogens is 609 g/mol. The average molecular weight is 643 g/mol. The van der Waals surface area contributed by atoms with Crippen molar-refractivity contribution in [1.82, 2.24) is 14.5 Å². The minimum Gasteiger partial charge on any atom is -0.311 e. The Bertz CT molecular complexity index is 2550. The molecule has 2 heterocycles. The molecule has 0 atom stereocenters. The summed E-state index contributed by atoms with van der Waals surface area (Å²) in [5.41, 5.74) is 13.7. The number of benzene rings is 7. The van der Waals surface area contributed by atoms with Gasteiger partial charge in [0.2, 0.25) is 0 Å². The Morgan fingerprint density at radius 3 is 1.62 bits per heavy atom. The molecule has 0 amide bonds. The van der Waals surface area contributed by atoms with Gasteiger partial charge in [-0.15, -0.1) is 0 Å². The second kappa shape index (κ2) is 12.5. The van der Waals surface area contributed by atoms with Gasteiger partial charge < -0.3 is 9.47 Å². The highest BCUT2D eigenvalue weighted by Crippen LogP contribution is 2.39. The Balaban J connectivity index is 1.14. The maximum Gasteiger partial charge on any atom is 0.0973 e. The fourth-order valence-electron chi connectivity index (χ4n) is 7.16. The molecule has 0 N–H and O–H groups in total. The molecule has 0 unspecified atom stereocenters. The van der Waals surface area contributed by atoms with E-state index >= 15 is 0 Å². The lowest BCUT2D eigenvalue weighted by molar-refractivity contribution is 1.14. The smallest absolute Gasteiger partial charge is 0.0973 e. The molecule has 0 bridgehead atoms. The number of anilines is 3. The van der Waals surface area contributed by atoms with Crippen LogP contribution >= 0.6 is 0 Å². The van der Waals surface area contributed by atoms with E-state index in [1.54, 1.807) is 0 Å². The molecule has 238 valence electrons. The van der Waals surface area contributed by atoms with Gasteiger partial charge >= 0.3 is 0 Å². The van der Waals surface area contributed by atoms with Crippen LogP contribution in [0.2, 0.25) is 0 Å². The van der Waals surface area contributed by atoms with E-state index in [0.29, 0.717) is 0 Å². The maximum absolute atomic E-state index is 5.28. The Labute approximate surface area is 291 Å². The summed E-state index contributed by atoms with van der Waals surface area (Å²) in [6.07, 6.45) is 0.899. The quantitative estimate of drug-likeness (QED) is 0.173. The molecule has 0 aliphatic carbocycles. The Morgan fingerprint density at radius 2 is 0.980 bits per heavy atom. The number of hydrogen-bond acceptors (Lipinski definition) is 3. The summed E-state index contributed by atoms with van der Waals surface area (Å²) in [5, 5.41) is 2.52. The first-order valence-electron chi connectivity index (χ1n) is 17.2. The van der Waals surface area contributed by atoms with Gasteiger partial charge in [-0.1, -0.05) is 116 Å². The highest BCUT2D eigenvalue weighted by atomic mass is 15.1. The van der Waals surface area contributed by atoms with Crippen LogP contribution in [0.25, 0.3) is 61.0 Å². The summed E-state index contributed by atoms with van der Waals surface area (Å²) in [5.74, 6) is 0. The molecule has 0 saturated carbocycles. The first kappa shape index (κ1) is 29.6. The predicted molar refractivity (Wildman–Crippen MR) is 209 cm³/mol. The van der Waals surface area contributed by atoms with Gasteiger partial charge in [-0.2, -0.15) is 0 Å². The van der Waals surface area contributed by atoms with E-state index in [1.165, 1.54) is 27.4 Å². The fraction of sp³-hybridized carbons (Fsp3) is 0.0435. The Morgan fingerprint density at radius 1 is 0.460 bits per heavy atom. The van der Waals surface area contributed by atoms with Crippen molar-refractivity contribution in [3.63, 3.8) is 0 Å². The number of fused-ring (bicyclic) bond motifs is 4. The van der Waals surface area contributed by atoms with E-state index in [-0.39, 0.29) is 0 Å². The first-order valence-corrected chi connectivity index (χ1v) is 17.2. The van der Waals surface area contributed by atoms with Gasteiger partial charge in [0.05, 0.1) is 33.5 Å². The summed E-state index contributed by atoms with van der Waals surface area (Å²) < 4.78 is 2.36. The van der Waals surface area contributed by atoms with E-state index in [9.17, 15) is 0 Å². The van der Waals surface area contributed by atoms with E-state index in [1.807, 2.05) is 6.07 Å². The van der Waals surface area contributed by atoms with Crippen molar-refractivity contribution in [1.29, 1.82) is 0 Å². The van der Waals surface area contributed by atoms with Crippen molar-refractivity contribution in [2.45, 2.75) is 13.3 Å². The minimum absolute atomic E-state index is 0.887. The molecule has 0 aliphatic rings. The van der Waals surface area contributed by atoms with E-state index < -0.39 is 0 Å². The lowest BCUT2D eigenvalue weighted by Crippen LogP contribution is -2.10. The minimum atomic E-state index is 0.887. The third-order valence-corrected chi connectivity index (χ3v) is 9.57. The standard InChI is InChI=1S/C46H34N4/c1-2-32-16-13-21-41-44(32)48-46(45(47-41)33-14-5-3-6-15-33)34-24-26-36(27-25-34)49(35-17-7-4-8-18-35)37-28-30-38(31-29-37)50-42-22-11-9-19-39(42)40-20-10-12-23-43(40)50/h3-31H,2H2,1H3. The molecular formula is C46H34N4. The van der Waals surface area contributed by atoms with Crippen LogP contribution in [0, 0.1) is 0 Å². The zero-order valence-corrected chi connectivity index (χ0v) is 27.7. The topological polar surface area (TPSA) is 34.0 Å². The van der Waals surface area contributed by atoms with Gasteiger partial charge in [0.25, 0.3) is 0 Å². The third-order valence-electron chi connectivity index (χ3n) is 9.57. The third kappa shape index (κ3) is 5.10. The number of rotatable bonds is 7. The van der Waals surface area contributed by atoms with Gasteiger partial charge in [-0.25, -0.2) is 9.97 Å². The molecule has 0 fully saturated rings. The van der Waals surface area contributed by atoms with Crippen LogP contribution in [0.5, 0.6) is 0 Å². The maximum atomic E-state index is 5.28. The van der Waals surface area contributed by atoms with E-state index in [4.69, 9.17) is 9.97 Å². The lowest BCUT2D eigenvalue weighted by atomic mass is 10.0. The normalized spacial score (nSPS) is 11.4. The number of aromatic nitrogens is 3. The van der Waals surface area contributed by atoms with Gasteiger partial charge in [0.15, 0.2) is 0 Å². The molecule has 50 heavy (non-hydrogen) atoms. The first-order chi connectivity index (χ1) is 24.8. The monoisotopic (exact) mass is 642 g/mol. The summed E-state index contributed by atoms with van der Waals surface area (Å²) in [6, 6.07) is 62.1. The highest BCUT2D eigenvalue weighted by molar-refractivity contribution is 6.09. The van der Waals surface area contributed by atoms with Crippen LogP contribution in [-0.4, -0.2) is 14.5 Å². The van der Waals surface area contributed by atoms with Crippen LogP contribution in [0.1, 0.15) is 12.5 Å². The molecule has 0 spiro atoms. The zero-order valence-electron chi connectivity index (χ0n) is 27.7. The second-order valence-corrected chi connectivity index (χ2v) is 12.5. The van der Waals surface area contributed by atoms with E-state index in [2.05, 4.69) is 186 Å². The molecule has 7 aromatic carbocycles. The molecule has 0 aliphatic heterocycles. The molecule has 0 radical (unpaired) electrons. The molecule has 0 saturated heterocycles. The van der Waals surface area contributed by atoms with E-state index in [0.717, 1.165) is 62.7 Å². The zero-order chi connectivity index (χ0) is 33.4. The largest absolute Gasteiger partial charge is 0.311 e. The molecule has 4 heteroatoms. The van der Waals surface area contributed by atoms with Crippen molar-refractivity contribution < 1.29 is 0 Å². The molecule has 9 rings (SSSR count).